The Morgan fingerprint density at radius 1 is 1.44 bits per heavy atom. The zero-order valence-electron chi connectivity index (χ0n) is 9.39. The molecule has 0 fully saturated rings. The van der Waals surface area contributed by atoms with E-state index in [0.717, 1.165) is 25.9 Å². The van der Waals surface area contributed by atoms with Crippen LogP contribution in [0.1, 0.15) is 16.9 Å². The fourth-order valence-corrected chi connectivity index (χ4v) is 2.12. The molecule has 0 radical (unpaired) electrons. The molecule has 0 aliphatic heterocycles. The summed E-state index contributed by atoms with van der Waals surface area (Å²) in [6.07, 6.45) is 8.15. The number of thiazole rings is 1. The van der Waals surface area contributed by atoms with Gasteiger partial charge in [0.2, 0.25) is 0 Å². The number of aryl methyl sites for hydroxylation is 2. The van der Waals surface area contributed by atoms with E-state index in [9.17, 15) is 0 Å². The molecule has 2 heterocycles. The lowest BCUT2D eigenvalue weighted by Crippen LogP contribution is -2.14. The number of hydrogen-bond donors (Lipinski definition) is 1. The highest BCUT2D eigenvalue weighted by atomic mass is 32.1. The van der Waals surface area contributed by atoms with Crippen LogP contribution in [0.2, 0.25) is 0 Å². The Hall–Kier alpha value is -1.20. The summed E-state index contributed by atoms with van der Waals surface area (Å²) in [7, 11) is 1.95. The van der Waals surface area contributed by atoms with Crippen molar-refractivity contribution in [2.75, 3.05) is 6.54 Å². The van der Waals surface area contributed by atoms with E-state index >= 15 is 0 Å². The van der Waals surface area contributed by atoms with Gasteiger partial charge in [-0.2, -0.15) is 5.10 Å². The van der Waals surface area contributed by atoms with Gasteiger partial charge in [-0.25, -0.2) is 0 Å². The minimum atomic E-state index is 0.928. The molecule has 0 saturated carbocycles. The molecule has 0 aliphatic carbocycles. The van der Waals surface area contributed by atoms with Crippen molar-refractivity contribution in [3.63, 3.8) is 0 Å². The second kappa shape index (κ2) is 5.77. The standard InChI is InChI=1S/C11H16N4S/c1-15-8-10(5-14-15)3-2-4-12-6-11-7-13-9-16-11/h5,7-9,12H,2-4,6H2,1H3. The smallest absolute Gasteiger partial charge is 0.0794 e. The van der Waals surface area contributed by atoms with Crippen LogP contribution < -0.4 is 5.32 Å². The van der Waals surface area contributed by atoms with Crippen LogP contribution >= 0.6 is 11.3 Å². The number of hydrogen-bond acceptors (Lipinski definition) is 4. The summed E-state index contributed by atoms with van der Waals surface area (Å²) in [6, 6.07) is 0. The van der Waals surface area contributed by atoms with Gasteiger partial charge in [0, 0.05) is 30.9 Å². The molecule has 0 atom stereocenters. The molecule has 2 aromatic rings. The topological polar surface area (TPSA) is 42.7 Å². The Labute approximate surface area is 99.3 Å². The average Bonchev–Trinajstić information content (AvgIpc) is 2.89. The van der Waals surface area contributed by atoms with E-state index in [1.807, 2.05) is 29.6 Å². The molecule has 16 heavy (non-hydrogen) atoms. The maximum Gasteiger partial charge on any atom is 0.0794 e. The molecule has 0 aromatic carbocycles. The first kappa shape index (κ1) is 11.3. The largest absolute Gasteiger partial charge is 0.312 e. The van der Waals surface area contributed by atoms with Crippen molar-refractivity contribution in [3.8, 4) is 0 Å². The van der Waals surface area contributed by atoms with E-state index < -0.39 is 0 Å². The third-order valence-corrected chi connectivity index (χ3v) is 3.14. The van der Waals surface area contributed by atoms with Crippen molar-refractivity contribution in [1.82, 2.24) is 20.1 Å². The number of rotatable bonds is 6. The van der Waals surface area contributed by atoms with Crippen molar-refractivity contribution < 1.29 is 0 Å². The van der Waals surface area contributed by atoms with E-state index in [1.165, 1.54) is 10.4 Å². The van der Waals surface area contributed by atoms with Crippen LogP contribution in [0.3, 0.4) is 0 Å². The summed E-state index contributed by atoms with van der Waals surface area (Å²) in [5.74, 6) is 0. The molecule has 5 heteroatoms. The van der Waals surface area contributed by atoms with Crippen LogP contribution in [0.15, 0.2) is 24.1 Å². The molecule has 86 valence electrons. The highest BCUT2D eigenvalue weighted by molar-refractivity contribution is 7.09. The number of aromatic nitrogens is 3. The van der Waals surface area contributed by atoms with E-state index in [4.69, 9.17) is 0 Å². The average molecular weight is 236 g/mol. The van der Waals surface area contributed by atoms with Gasteiger partial charge in [-0.05, 0) is 24.9 Å². The van der Waals surface area contributed by atoms with E-state index in [-0.39, 0.29) is 0 Å². The van der Waals surface area contributed by atoms with E-state index in [1.54, 1.807) is 11.3 Å². The van der Waals surface area contributed by atoms with Crippen molar-refractivity contribution in [1.29, 1.82) is 0 Å². The highest BCUT2D eigenvalue weighted by Crippen LogP contribution is 2.04. The zero-order chi connectivity index (χ0) is 11.2. The molecule has 2 aromatic heterocycles. The van der Waals surface area contributed by atoms with Crippen molar-refractivity contribution in [2.45, 2.75) is 19.4 Å². The molecule has 0 saturated heterocycles. The van der Waals surface area contributed by atoms with Crippen molar-refractivity contribution in [2.24, 2.45) is 7.05 Å². The predicted molar refractivity (Wildman–Crippen MR) is 65.3 cm³/mol. The Morgan fingerprint density at radius 2 is 2.38 bits per heavy atom. The van der Waals surface area contributed by atoms with Crippen LogP contribution in [0.4, 0.5) is 0 Å². The summed E-state index contributed by atoms with van der Waals surface area (Å²) in [6.45, 7) is 1.96. The lowest BCUT2D eigenvalue weighted by molar-refractivity contribution is 0.653. The minimum Gasteiger partial charge on any atom is -0.312 e. The minimum absolute atomic E-state index is 0.928. The van der Waals surface area contributed by atoms with Crippen LogP contribution in [0.5, 0.6) is 0 Å². The lowest BCUT2D eigenvalue weighted by atomic mass is 10.2. The van der Waals surface area contributed by atoms with Gasteiger partial charge in [0.15, 0.2) is 0 Å². The predicted octanol–water partition coefficient (Wildman–Crippen LogP) is 1.60. The Morgan fingerprint density at radius 3 is 3.06 bits per heavy atom. The summed E-state index contributed by atoms with van der Waals surface area (Å²) < 4.78 is 1.85. The molecule has 4 nitrogen and oxygen atoms in total. The second-order valence-electron chi connectivity index (χ2n) is 3.77. The first-order valence-electron chi connectivity index (χ1n) is 5.40. The van der Waals surface area contributed by atoms with Gasteiger partial charge < -0.3 is 5.32 Å². The molecule has 0 bridgehead atoms. The Balaban J connectivity index is 1.59. The summed E-state index contributed by atoms with van der Waals surface area (Å²) in [5, 5.41) is 7.55. The Bertz CT molecular complexity index is 407. The monoisotopic (exact) mass is 236 g/mol. The first-order chi connectivity index (χ1) is 7.84. The van der Waals surface area contributed by atoms with Gasteiger partial charge in [0.1, 0.15) is 0 Å². The summed E-state index contributed by atoms with van der Waals surface area (Å²) in [5.41, 5.74) is 3.18. The van der Waals surface area contributed by atoms with Gasteiger partial charge in [-0.1, -0.05) is 0 Å². The third kappa shape index (κ3) is 3.43. The molecule has 0 spiro atoms. The maximum atomic E-state index is 4.15. The first-order valence-corrected chi connectivity index (χ1v) is 6.28. The summed E-state index contributed by atoms with van der Waals surface area (Å²) in [4.78, 5) is 5.33. The van der Waals surface area contributed by atoms with E-state index in [2.05, 4.69) is 21.6 Å². The fourth-order valence-electron chi connectivity index (χ4n) is 1.56. The van der Waals surface area contributed by atoms with Crippen LogP contribution in [0, 0.1) is 0 Å². The zero-order valence-corrected chi connectivity index (χ0v) is 10.2. The SMILES string of the molecule is Cn1cc(CCCNCc2cncs2)cn1. The number of nitrogens with zero attached hydrogens (tertiary/aromatic N) is 3. The molecule has 0 amide bonds. The summed E-state index contributed by atoms with van der Waals surface area (Å²) >= 11 is 1.69. The van der Waals surface area contributed by atoms with Crippen LogP contribution in [0.25, 0.3) is 0 Å². The fraction of sp³-hybridized carbons (Fsp3) is 0.455. The molecule has 2 rings (SSSR count). The van der Waals surface area contributed by atoms with Gasteiger partial charge in [0.25, 0.3) is 0 Å². The third-order valence-electron chi connectivity index (χ3n) is 2.36. The molecular formula is C11H16N4S. The molecular weight excluding hydrogens is 220 g/mol. The maximum absolute atomic E-state index is 4.15. The molecule has 1 N–H and O–H groups in total. The van der Waals surface area contributed by atoms with Crippen molar-refractivity contribution >= 4 is 11.3 Å². The highest BCUT2D eigenvalue weighted by Gasteiger charge is 1.97. The second-order valence-corrected chi connectivity index (χ2v) is 4.74. The van der Waals surface area contributed by atoms with E-state index in [0.29, 0.717) is 0 Å². The molecule has 0 unspecified atom stereocenters. The van der Waals surface area contributed by atoms with Gasteiger partial charge in [-0.15, -0.1) is 11.3 Å². The number of nitrogens with one attached hydrogen (secondary N) is 1. The van der Waals surface area contributed by atoms with Crippen LogP contribution in [-0.2, 0) is 20.0 Å². The van der Waals surface area contributed by atoms with Crippen molar-refractivity contribution in [3.05, 3.63) is 34.5 Å². The normalized spacial score (nSPS) is 10.8. The van der Waals surface area contributed by atoms with Gasteiger partial charge in [0.05, 0.1) is 11.7 Å². The quantitative estimate of drug-likeness (QED) is 0.775. The molecule has 0 aliphatic rings. The van der Waals surface area contributed by atoms with Crippen LogP contribution in [-0.4, -0.2) is 21.3 Å². The Kier molecular flexibility index (Phi) is 4.07. The van der Waals surface area contributed by atoms with Gasteiger partial charge >= 0.3 is 0 Å². The lowest BCUT2D eigenvalue weighted by Gasteiger charge is -2.01. The van der Waals surface area contributed by atoms with Gasteiger partial charge in [-0.3, -0.25) is 9.67 Å².